The third-order valence-electron chi connectivity index (χ3n) is 2.89. The van der Waals surface area contributed by atoms with Gasteiger partial charge in [-0.3, -0.25) is 4.90 Å². The predicted octanol–water partition coefficient (Wildman–Crippen LogP) is 2.70. The molecule has 2 heterocycles. The van der Waals surface area contributed by atoms with Gasteiger partial charge in [0.2, 0.25) is 5.13 Å². The standard InChI is InChI=1S/C12H18N4S2/c1-9(7-10-5-4-6-17-10)16(3)8-11-14-15-12(13-2)18-11/h4-6,9H,7-8H2,1-3H3,(H,13,15). The summed E-state index contributed by atoms with van der Waals surface area (Å²) in [5, 5.41) is 15.3. The Balaban J connectivity index is 1.88. The molecule has 1 atom stereocenters. The Bertz CT molecular complexity index is 466. The first-order valence-corrected chi connectivity index (χ1v) is 7.61. The van der Waals surface area contributed by atoms with Gasteiger partial charge < -0.3 is 5.32 Å². The molecule has 0 amide bonds. The van der Waals surface area contributed by atoms with E-state index in [-0.39, 0.29) is 0 Å². The minimum Gasteiger partial charge on any atom is -0.363 e. The van der Waals surface area contributed by atoms with E-state index in [4.69, 9.17) is 0 Å². The van der Waals surface area contributed by atoms with Gasteiger partial charge in [-0.05, 0) is 31.8 Å². The number of aromatic nitrogens is 2. The summed E-state index contributed by atoms with van der Waals surface area (Å²) in [5.74, 6) is 0. The van der Waals surface area contributed by atoms with Crippen molar-refractivity contribution in [2.75, 3.05) is 19.4 Å². The third-order valence-corrected chi connectivity index (χ3v) is 4.72. The molecule has 0 radical (unpaired) electrons. The van der Waals surface area contributed by atoms with Crippen molar-refractivity contribution in [1.82, 2.24) is 15.1 Å². The molecule has 0 aliphatic rings. The molecular weight excluding hydrogens is 264 g/mol. The van der Waals surface area contributed by atoms with E-state index in [1.807, 2.05) is 18.4 Å². The zero-order chi connectivity index (χ0) is 13.0. The molecule has 0 aliphatic carbocycles. The lowest BCUT2D eigenvalue weighted by molar-refractivity contribution is 0.248. The zero-order valence-electron chi connectivity index (χ0n) is 10.9. The monoisotopic (exact) mass is 282 g/mol. The lowest BCUT2D eigenvalue weighted by Gasteiger charge is -2.22. The summed E-state index contributed by atoms with van der Waals surface area (Å²) in [7, 11) is 4.01. The maximum Gasteiger partial charge on any atom is 0.205 e. The number of nitrogens with zero attached hydrogens (tertiary/aromatic N) is 3. The largest absolute Gasteiger partial charge is 0.363 e. The van der Waals surface area contributed by atoms with Crippen LogP contribution in [0.25, 0.3) is 0 Å². The Morgan fingerprint density at radius 3 is 2.89 bits per heavy atom. The molecule has 0 aliphatic heterocycles. The highest BCUT2D eigenvalue weighted by Gasteiger charge is 2.13. The molecule has 0 fully saturated rings. The summed E-state index contributed by atoms with van der Waals surface area (Å²) < 4.78 is 0. The van der Waals surface area contributed by atoms with Gasteiger partial charge >= 0.3 is 0 Å². The highest BCUT2D eigenvalue weighted by Crippen LogP contribution is 2.18. The van der Waals surface area contributed by atoms with Crippen LogP contribution < -0.4 is 5.32 Å². The molecular formula is C12H18N4S2. The number of hydrogen-bond acceptors (Lipinski definition) is 6. The quantitative estimate of drug-likeness (QED) is 0.884. The maximum atomic E-state index is 4.17. The lowest BCUT2D eigenvalue weighted by atomic mass is 10.2. The normalized spacial score (nSPS) is 12.9. The Morgan fingerprint density at radius 2 is 2.28 bits per heavy atom. The van der Waals surface area contributed by atoms with Crippen LogP contribution in [0.2, 0.25) is 0 Å². The summed E-state index contributed by atoms with van der Waals surface area (Å²) in [6.45, 7) is 3.10. The van der Waals surface area contributed by atoms with E-state index in [1.165, 1.54) is 4.88 Å². The molecule has 0 spiro atoms. The summed E-state index contributed by atoms with van der Waals surface area (Å²) in [6, 6.07) is 4.81. The van der Waals surface area contributed by atoms with Crippen LogP contribution in [0.1, 0.15) is 16.8 Å². The Hall–Kier alpha value is -0.980. The Morgan fingerprint density at radius 1 is 1.44 bits per heavy atom. The Kier molecular flexibility index (Phi) is 4.68. The molecule has 1 unspecified atom stereocenters. The number of thiophene rings is 1. The molecule has 98 valence electrons. The van der Waals surface area contributed by atoms with Crippen LogP contribution in [0.15, 0.2) is 17.5 Å². The Labute approximate surface area is 116 Å². The van der Waals surface area contributed by atoms with E-state index in [2.05, 4.69) is 51.9 Å². The van der Waals surface area contributed by atoms with Crippen LogP contribution in [0, 0.1) is 0 Å². The van der Waals surface area contributed by atoms with Gasteiger partial charge in [0.25, 0.3) is 0 Å². The minimum atomic E-state index is 0.505. The maximum absolute atomic E-state index is 4.17. The van der Waals surface area contributed by atoms with Gasteiger partial charge in [0.05, 0.1) is 6.54 Å². The molecule has 0 saturated heterocycles. The zero-order valence-corrected chi connectivity index (χ0v) is 12.5. The van der Waals surface area contributed by atoms with Crippen molar-refractivity contribution in [1.29, 1.82) is 0 Å². The van der Waals surface area contributed by atoms with Gasteiger partial charge in [0, 0.05) is 18.0 Å². The second-order valence-electron chi connectivity index (χ2n) is 4.30. The van der Waals surface area contributed by atoms with Crippen LogP contribution >= 0.6 is 22.7 Å². The second-order valence-corrected chi connectivity index (χ2v) is 6.39. The van der Waals surface area contributed by atoms with E-state index in [1.54, 1.807) is 11.3 Å². The average Bonchev–Trinajstić information content (AvgIpc) is 3.00. The number of anilines is 1. The van der Waals surface area contributed by atoms with E-state index in [0.29, 0.717) is 6.04 Å². The fraction of sp³-hybridized carbons (Fsp3) is 0.500. The van der Waals surface area contributed by atoms with Gasteiger partial charge in [-0.2, -0.15) is 0 Å². The topological polar surface area (TPSA) is 41.1 Å². The van der Waals surface area contributed by atoms with Gasteiger partial charge in [0.15, 0.2) is 0 Å². The third kappa shape index (κ3) is 3.51. The number of nitrogens with one attached hydrogen (secondary N) is 1. The van der Waals surface area contributed by atoms with E-state index >= 15 is 0 Å². The van der Waals surface area contributed by atoms with Crippen molar-refractivity contribution in [2.45, 2.75) is 25.9 Å². The number of rotatable bonds is 6. The van der Waals surface area contributed by atoms with Gasteiger partial charge in [0.1, 0.15) is 5.01 Å². The highest BCUT2D eigenvalue weighted by atomic mass is 32.1. The van der Waals surface area contributed by atoms with E-state index in [9.17, 15) is 0 Å². The van der Waals surface area contributed by atoms with Gasteiger partial charge in [-0.1, -0.05) is 17.4 Å². The molecule has 6 heteroatoms. The van der Waals surface area contributed by atoms with Crippen molar-refractivity contribution in [3.8, 4) is 0 Å². The molecule has 2 aromatic rings. The molecule has 2 rings (SSSR count). The summed E-state index contributed by atoms with van der Waals surface area (Å²) in [4.78, 5) is 3.75. The first-order valence-electron chi connectivity index (χ1n) is 5.91. The molecule has 4 nitrogen and oxygen atoms in total. The van der Waals surface area contributed by atoms with Crippen molar-refractivity contribution in [3.63, 3.8) is 0 Å². The van der Waals surface area contributed by atoms with Gasteiger partial charge in [-0.15, -0.1) is 21.5 Å². The first-order chi connectivity index (χ1) is 8.69. The second kappa shape index (κ2) is 6.26. The first kappa shape index (κ1) is 13.5. The fourth-order valence-electron chi connectivity index (χ4n) is 1.66. The van der Waals surface area contributed by atoms with Crippen molar-refractivity contribution >= 4 is 27.8 Å². The van der Waals surface area contributed by atoms with Crippen molar-refractivity contribution in [3.05, 3.63) is 27.4 Å². The SMILES string of the molecule is CNc1nnc(CN(C)C(C)Cc2cccs2)s1. The van der Waals surface area contributed by atoms with Gasteiger partial charge in [-0.25, -0.2) is 0 Å². The number of likely N-dealkylation sites (N-methyl/N-ethyl adjacent to an activating group) is 1. The number of hydrogen-bond donors (Lipinski definition) is 1. The average molecular weight is 282 g/mol. The molecule has 0 bridgehead atoms. The van der Waals surface area contributed by atoms with Crippen LogP contribution in [-0.2, 0) is 13.0 Å². The molecule has 2 aromatic heterocycles. The molecule has 18 heavy (non-hydrogen) atoms. The fourth-order valence-corrected chi connectivity index (χ4v) is 3.25. The van der Waals surface area contributed by atoms with E-state index < -0.39 is 0 Å². The summed E-state index contributed by atoms with van der Waals surface area (Å²) in [5.41, 5.74) is 0. The molecule has 1 N–H and O–H groups in total. The van der Waals surface area contributed by atoms with Crippen LogP contribution in [0.3, 0.4) is 0 Å². The highest BCUT2D eigenvalue weighted by molar-refractivity contribution is 7.15. The van der Waals surface area contributed by atoms with Crippen LogP contribution in [-0.4, -0.2) is 35.2 Å². The summed E-state index contributed by atoms with van der Waals surface area (Å²) >= 11 is 3.43. The lowest BCUT2D eigenvalue weighted by Crippen LogP contribution is -2.30. The molecule has 0 aromatic carbocycles. The molecule has 0 saturated carbocycles. The minimum absolute atomic E-state index is 0.505. The smallest absolute Gasteiger partial charge is 0.205 e. The van der Waals surface area contributed by atoms with E-state index in [0.717, 1.165) is 23.1 Å². The predicted molar refractivity (Wildman–Crippen MR) is 78.4 cm³/mol. The van der Waals surface area contributed by atoms with Crippen LogP contribution in [0.5, 0.6) is 0 Å². The van der Waals surface area contributed by atoms with Crippen molar-refractivity contribution < 1.29 is 0 Å². The van der Waals surface area contributed by atoms with Crippen molar-refractivity contribution in [2.24, 2.45) is 0 Å². The summed E-state index contributed by atoms with van der Waals surface area (Å²) in [6.07, 6.45) is 1.09. The van der Waals surface area contributed by atoms with Crippen LogP contribution in [0.4, 0.5) is 5.13 Å².